The fourth-order valence-electron chi connectivity index (χ4n) is 4.91. The van der Waals surface area contributed by atoms with Crippen molar-refractivity contribution in [2.45, 2.75) is 44.4 Å². The van der Waals surface area contributed by atoms with Gasteiger partial charge in [-0.15, -0.1) is 0 Å². The van der Waals surface area contributed by atoms with E-state index in [0.29, 0.717) is 52.1 Å². The summed E-state index contributed by atoms with van der Waals surface area (Å²) in [7, 11) is 0. The molecule has 4 rings (SSSR count). The number of ether oxygens (including phenoxy) is 2. The maximum atomic E-state index is 13.4. The molecular formula is C24H32N4O4. The highest BCUT2D eigenvalue weighted by Gasteiger charge is 2.48. The zero-order valence-electron chi connectivity index (χ0n) is 18.7. The minimum absolute atomic E-state index is 0.155. The Balaban J connectivity index is 1.41. The average Bonchev–Trinajstić information content (AvgIpc) is 2.83. The lowest BCUT2D eigenvalue weighted by atomic mass is 9.83. The van der Waals surface area contributed by atoms with Crippen LogP contribution in [0.2, 0.25) is 0 Å². The van der Waals surface area contributed by atoms with Crippen molar-refractivity contribution in [2.24, 2.45) is 5.92 Å². The Kier molecular flexibility index (Phi) is 6.97. The summed E-state index contributed by atoms with van der Waals surface area (Å²) in [4.78, 5) is 31.6. The van der Waals surface area contributed by atoms with E-state index < -0.39 is 17.7 Å². The predicted molar refractivity (Wildman–Crippen MR) is 117 cm³/mol. The van der Waals surface area contributed by atoms with Crippen molar-refractivity contribution >= 4 is 12.0 Å². The fraction of sp³-hybridized carbons (Fsp3) is 0.625. The van der Waals surface area contributed by atoms with Crippen LogP contribution in [0, 0.1) is 17.2 Å². The van der Waals surface area contributed by atoms with Crippen molar-refractivity contribution < 1.29 is 19.1 Å². The summed E-state index contributed by atoms with van der Waals surface area (Å²) >= 11 is 0. The Labute approximate surface area is 189 Å². The van der Waals surface area contributed by atoms with E-state index in [1.807, 2.05) is 25.1 Å². The Morgan fingerprint density at radius 2 is 1.88 bits per heavy atom. The van der Waals surface area contributed by atoms with Gasteiger partial charge in [-0.1, -0.05) is 37.3 Å². The molecule has 172 valence electrons. The highest BCUT2D eigenvalue weighted by Crippen LogP contribution is 2.34. The minimum atomic E-state index is -0.845. The van der Waals surface area contributed by atoms with Gasteiger partial charge in [0.25, 0.3) is 5.91 Å². The van der Waals surface area contributed by atoms with E-state index in [9.17, 15) is 14.9 Å². The van der Waals surface area contributed by atoms with E-state index in [4.69, 9.17) is 9.47 Å². The maximum absolute atomic E-state index is 13.4. The number of carbonyl (C=O) groups is 2. The van der Waals surface area contributed by atoms with Crippen molar-refractivity contribution in [3.05, 3.63) is 35.9 Å². The molecule has 3 heterocycles. The SMILES string of the molecule is CC1C[C@H](OC(=O)N2CCOCC2)C(=O)N(C2(C#N)CCN(Cc3ccccc3)CC2)C1. The summed E-state index contributed by atoms with van der Waals surface area (Å²) in [5.74, 6) is -0.0782. The first kappa shape index (κ1) is 22.6. The monoisotopic (exact) mass is 440 g/mol. The molecule has 0 spiro atoms. The first-order chi connectivity index (χ1) is 15.5. The van der Waals surface area contributed by atoms with Crippen LogP contribution in [0.1, 0.15) is 31.7 Å². The number of hydrogen-bond acceptors (Lipinski definition) is 6. The molecule has 1 aromatic carbocycles. The van der Waals surface area contributed by atoms with E-state index in [1.54, 1.807) is 9.80 Å². The molecule has 0 aromatic heterocycles. The first-order valence-electron chi connectivity index (χ1n) is 11.5. The number of carbonyl (C=O) groups excluding carboxylic acids is 2. The van der Waals surface area contributed by atoms with Crippen LogP contribution >= 0.6 is 0 Å². The Morgan fingerprint density at radius 1 is 1.19 bits per heavy atom. The van der Waals surface area contributed by atoms with Crippen LogP contribution in [0.3, 0.4) is 0 Å². The number of amides is 2. The van der Waals surface area contributed by atoms with Crippen molar-refractivity contribution in [3.8, 4) is 6.07 Å². The number of piperidine rings is 2. The van der Waals surface area contributed by atoms with Gasteiger partial charge < -0.3 is 19.3 Å². The van der Waals surface area contributed by atoms with Crippen LogP contribution in [-0.2, 0) is 20.8 Å². The van der Waals surface area contributed by atoms with Gasteiger partial charge in [-0.25, -0.2) is 4.79 Å². The van der Waals surface area contributed by atoms with Gasteiger partial charge in [0.2, 0.25) is 0 Å². The standard InChI is InChI=1S/C24H32N4O4/c1-19-15-21(32-23(30)27-11-13-31-14-12-27)22(29)28(16-19)24(18-25)7-9-26(10-8-24)17-20-5-3-2-4-6-20/h2-6,19,21H,7-17H2,1H3/t19?,21-/m0/s1. The van der Waals surface area contributed by atoms with Gasteiger partial charge >= 0.3 is 6.09 Å². The topological polar surface area (TPSA) is 86.1 Å². The van der Waals surface area contributed by atoms with Gasteiger partial charge in [0.05, 0.1) is 19.3 Å². The van der Waals surface area contributed by atoms with Crippen LogP contribution < -0.4 is 0 Å². The largest absolute Gasteiger partial charge is 0.436 e. The Morgan fingerprint density at radius 3 is 2.53 bits per heavy atom. The van der Waals surface area contributed by atoms with Crippen LogP contribution in [0.5, 0.6) is 0 Å². The molecule has 0 radical (unpaired) electrons. The van der Waals surface area contributed by atoms with E-state index in [1.165, 1.54) is 5.56 Å². The number of hydrogen-bond donors (Lipinski definition) is 0. The van der Waals surface area contributed by atoms with Gasteiger partial charge in [0, 0.05) is 39.3 Å². The second-order valence-electron chi connectivity index (χ2n) is 9.17. The predicted octanol–water partition coefficient (Wildman–Crippen LogP) is 2.25. The van der Waals surface area contributed by atoms with Crippen molar-refractivity contribution in [1.82, 2.24) is 14.7 Å². The molecule has 0 bridgehead atoms. The molecule has 0 aliphatic carbocycles. The third-order valence-corrected chi connectivity index (χ3v) is 6.82. The molecule has 0 saturated carbocycles. The van der Waals surface area contributed by atoms with Crippen molar-refractivity contribution in [3.63, 3.8) is 0 Å². The van der Waals surface area contributed by atoms with Gasteiger partial charge in [0.15, 0.2) is 6.10 Å². The van der Waals surface area contributed by atoms with Gasteiger partial charge in [-0.3, -0.25) is 9.69 Å². The summed E-state index contributed by atoms with van der Waals surface area (Å²) in [6.07, 6.45) is 0.385. The van der Waals surface area contributed by atoms with E-state index >= 15 is 0 Å². The molecule has 1 aromatic rings. The number of benzene rings is 1. The summed E-state index contributed by atoms with van der Waals surface area (Å²) in [5, 5.41) is 10.2. The summed E-state index contributed by atoms with van der Waals surface area (Å²) in [6.45, 7) is 6.81. The van der Waals surface area contributed by atoms with Crippen LogP contribution in [0.15, 0.2) is 30.3 Å². The van der Waals surface area contributed by atoms with Gasteiger partial charge in [0.1, 0.15) is 5.54 Å². The third kappa shape index (κ3) is 4.89. The third-order valence-electron chi connectivity index (χ3n) is 6.82. The van der Waals surface area contributed by atoms with E-state index in [-0.39, 0.29) is 11.8 Å². The molecule has 1 unspecified atom stereocenters. The molecular weight excluding hydrogens is 408 g/mol. The zero-order chi connectivity index (χ0) is 22.6. The number of rotatable bonds is 4. The second kappa shape index (κ2) is 9.88. The molecule has 0 N–H and O–H groups in total. The molecule has 8 heteroatoms. The highest BCUT2D eigenvalue weighted by molar-refractivity contribution is 5.85. The Bertz CT molecular complexity index is 841. The number of likely N-dealkylation sites (tertiary alicyclic amines) is 2. The lowest BCUT2D eigenvalue weighted by Gasteiger charge is -2.48. The molecule has 8 nitrogen and oxygen atoms in total. The molecule has 3 aliphatic rings. The smallest absolute Gasteiger partial charge is 0.410 e. The average molecular weight is 441 g/mol. The molecule has 2 amide bonds. The van der Waals surface area contributed by atoms with Crippen molar-refractivity contribution in [2.75, 3.05) is 45.9 Å². The van der Waals surface area contributed by atoms with Crippen LogP contribution in [0.25, 0.3) is 0 Å². The Hall–Kier alpha value is -2.63. The summed E-state index contributed by atoms with van der Waals surface area (Å²) < 4.78 is 10.9. The normalized spacial score (nSPS) is 26.4. The first-order valence-corrected chi connectivity index (χ1v) is 11.5. The molecule has 2 atom stereocenters. The summed E-state index contributed by atoms with van der Waals surface area (Å²) in [6, 6.07) is 12.8. The van der Waals surface area contributed by atoms with Crippen LogP contribution in [-0.4, -0.2) is 84.3 Å². The molecule has 3 fully saturated rings. The fourth-order valence-corrected chi connectivity index (χ4v) is 4.91. The van der Waals surface area contributed by atoms with E-state index in [2.05, 4.69) is 23.1 Å². The summed E-state index contributed by atoms with van der Waals surface area (Å²) in [5.41, 5.74) is 0.400. The lowest BCUT2D eigenvalue weighted by molar-refractivity contribution is -0.154. The highest BCUT2D eigenvalue weighted by atomic mass is 16.6. The van der Waals surface area contributed by atoms with Crippen molar-refractivity contribution in [1.29, 1.82) is 5.26 Å². The zero-order valence-corrected chi connectivity index (χ0v) is 18.7. The quantitative estimate of drug-likeness (QED) is 0.714. The number of nitrogens with zero attached hydrogens (tertiary/aromatic N) is 4. The number of nitriles is 1. The van der Waals surface area contributed by atoms with Gasteiger partial charge in [-0.2, -0.15) is 5.26 Å². The number of morpholine rings is 1. The minimum Gasteiger partial charge on any atom is -0.436 e. The van der Waals surface area contributed by atoms with E-state index in [0.717, 1.165) is 19.6 Å². The van der Waals surface area contributed by atoms with Crippen LogP contribution in [0.4, 0.5) is 4.79 Å². The lowest BCUT2D eigenvalue weighted by Crippen LogP contribution is -2.62. The van der Waals surface area contributed by atoms with Gasteiger partial charge in [-0.05, 0) is 30.7 Å². The second-order valence-corrected chi connectivity index (χ2v) is 9.17. The molecule has 32 heavy (non-hydrogen) atoms. The molecule has 3 aliphatic heterocycles. The molecule has 3 saturated heterocycles. The maximum Gasteiger partial charge on any atom is 0.410 e.